The van der Waals surface area contributed by atoms with E-state index in [4.69, 9.17) is 0 Å². The lowest BCUT2D eigenvalue weighted by Gasteiger charge is -2.32. The first kappa shape index (κ1) is 22.4. The Kier molecular flexibility index (Phi) is 6.93. The predicted molar refractivity (Wildman–Crippen MR) is 92.5 cm³/mol. The molecular formula is C15H16BrF3N3O5S-. The number of halogens is 4. The largest absolute Gasteiger partial charge is 0.530 e. The molecule has 13 heteroatoms. The molecule has 2 amide bonds. The van der Waals surface area contributed by atoms with E-state index in [1.165, 1.54) is 11.0 Å². The molecule has 0 aromatic heterocycles. The Hall–Kier alpha value is -1.86. The number of nitrogens with one attached hydrogen (secondary N) is 2. The van der Waals surface area contributed by atoms with Gasteiger partial charge in [-0.05, 0) is 31.0 Å². The van der Waals surface area contributed by atoms with Gasteiger partial charge in [0, 0.05) is 23.6 Å². The molecule has 0 aliphatic carbocycles. The number of likely N-dealkylation sites (tertiary alicyclic amines) is 1. The van der Waals surface area contributed by atoms with Crippen LogP contribution in [-0.4, -0.2) is 51.0 Å². The van der Waals surface area contributed by atoms with E-state index in [9.17, 15) is 36.3 Å². The van der Waals surface area contributed by atoms with Crippen molar-refractivity contribution >= 4 is 38.0 Å². The zero-order chi connectivity index (χ0) is 21.1. The Balaban J connectivity index is 2.05. The summed E-state index contributed by atoms with van der Waals surface area (Å²) in [6.45, 7) is -0.201. The number of nitrogens with zero attached hydrogens (tertiary/aromatic N) is 1. The van der Waals surface area contributed by atoms with Crippen molar-refractivity contribution in [3.8, 4) is 0 Å². The first-order valence-corrected chi connectivity index (χ1v) is 10.3. The summed E-state index contributed by atoms with van der Waals surface area (Å²) in [5.41, 5.74) is -1.28. The van der Waals surface area contributed by atoms with Gasteiger partial charge in [0.25, 0.3) is 0 Å². The van der Waals surface area contributed by atoms with Gasteiger partial charge >= 0.3 is 6.18 Å². The van der Waals surface area contributed by atoms with Crippen molar-refractivity contribution in [2.24, 2.45) is 0 Å². The molecule has 0 bridgehead atoms. The smallest absolute Gasteiger partial charge is 0.417 e. The van der Waals surface area contributed by atoms with E-state index in [2.05, 4.69) is 20.7 Å². The maximum atomic E-state index is 13.2. The normalized spacial score (nSPS) is 16.1. The van der Waals surface area contributed by atoms with Crippen molar-refractivity contribution in [3.63, 3.8) is 0 Å². The first-order valence-electron chi connectivity index (χ1n) is 8.02. The van der Waals surface area contributed by atoms with Gasteiger partial charge in [-0.2, -0.15) is 13.2 Å². The first-order chi connectivity index (χ1) is 12.9. The Labute approximate surface area is 167 Å². The molecule has 0 spiro atoms. The van der Waals surface area contributed by atoms with Crippen LogP contribution >= 0.6 is 15.9 Å². The molecule has 0 atom stereocenters. The number of amides is 2. The molecule has 1 saturated heterocycles. The average Bonchev–Trinajstić information content (AvgIpc) is 2.59. The van der Waals surface area contributed by atoms with Crippen molar-refractivity contribution in [1.29, 1.82) is 0 Å². The fourth-order valence-electron chi connectivity index (χ4n) is 2.75. The molecule has 156 valence electrons. The lowest BCUT2D eigenvalue weighted by molar-refractivity contribution is -0.250. The number of sulfonamides is 1. The van der Waals surface area contributed by atoms with Crippen molar-refractivity contribution in [2.45, 2.75) is 30.0 Å². The molecule has 8 nitrogen and oxygen atoms in total. The number of alkyl halides is 3. The Morgan fingerprint density at radius 2 is 1.86 bits per heavy atom. The van der Waals surface area contributed by atoms with Gasteiger partial charge in [0.05, 0.1) is 17.0 Å². The van der Waals surface area contributed by atoms with E-state index in [0.717, 1.165) is 6.07 Å². The zero-order valence-corrected chi connectivity index (χ0v) is 16.7. The summed E-state index contributed by atoms with van der Waals surface area (Å²) in [4.78, 5) is 22.6. The third-order valence-electron chi connectivity index (χ3n) is 4.09. The SMILES string of the molecule is O=C([O-])NCC(=O)N1CCC(NS(=O)(=O)c2ccc(Br)cc2C(F)(F)F)CC1. The van der Waals surface area contributed by atoms with Crippen LogP contribution < -0.4 is 15.1 Å². The van der Waals surface area contributed by atoms with Crippen LogP contribution in [0.25, 0.3) is 0 Å². The van der Waals surface area contributed by atoms with Crippen molar-refractivity contribution in [2.75, 3.05) is 19.6 Å². The third-order valence-corrected chi connectivity index (χ3v) is 6.16. The van der Waals surface area contributed by atoms with Crippen LogP contribution in [0, 0.1) is 0 Å². The number of hydrogen-bond donors (Lipinski definition) is 2. The van der Waals surface area contributed by atoms with Gasteiger partial charge in [0.15, 0.2) is 0 Å². The third kappa shape index (κ3) is 5.82. The second-order valence-corrected chi connectivity index (χ2v) is 8.65. The minimum Gasteiger partial charge on any atom is -0.530 e. The van der Waals surface area contributed by atoms with Crippen molar-refractivity contribution in [1.82, 2.24) is 14.9 Å². The Bertz CT molecular complexity index is 855. The number of rotatable bonds is 5. The summed E-state index contributed by atoms with van der Waals surface area (Å²) in [5.74, 6) is -0.502. The highest BCUT2D eigenvalue weighted by atomic mass is 79.9. The molecule has 1 heterocycles. The molecule has 1 aliphatic heterocycles. The van der Waals surface area contributed by atoms with E-state index >= 15 is 0 Å². The molecule has 0 unspecified atom stereocenters. The van der Waals surface area contributed by atoms with Gasteiger partial charge in [-0.15, -0.1) is 0 Å². The molecule has 1 fully saturated rings. The summed E-state index contributed by atoms with van der Waals surface area (Å²) in [6.07, 6.45) is -6.09. The molecule has 28 heavy (non-hydrogen) atoms. The lowest BCUT2D eigenvalue weighted by atomic mass is 10.1. The van der Waals surface area contributed by atoms with Crippen LogP contribution in [0.5, 0.6) is 0 Å². The van der Waals surface area contributed by atoms with Crippen LogP contribution in [0.2, 0.25) is 0 Å². The van der Waals surface area contributed by atoms with Gasteiger partial charge in [-0.1, -0.05) is 15.9 Å². The minimum absolute atomic E-state index is 0.0933. The second kappa shape index (κ2) is 8.66. The molecule has 2 N–H and O–H groups in total. The van der Waals surface area contributed by atoms with Crippen LogP contribution in [0.3, 0.4) is 0 Å². The lowest BCUT2D eigenvalue weighted by Crippen LogP contribution is -2.50. The van der Waals surface area contributed by atoms with Crippen LogP contribution in [-0.2, 0) is 21.0 Å². The van der Waals surface area contributed by atoms with Crippen LogP contribution in [0.1, 0.15) is 18.4 Å². The van der Waals surface area contributed by atoms with E-state index < -0.39 is 51.2 Å². The minimum atomic E-state index is -4.85. The molecule has 0 saturated carbocycles. The molecule has 1 aromatic carbocycles. The highest BCUT2D eigenvalue weighted by Crippen LogP contribution is 2.36. The monoisotopic (exact) mass is 486 g/mol. The fourth-order valence-corrected chi connectivity index (χ4v) is 4.62. The van der Waals surface area contributed by atoms with Gasteiger partial charge in [-0.3, -0.25) is 4.79 Å². The van der Waals surface area contributed by atoms with Crippen LogP contribution in [0.15, 0.2) is 27.6 Å². The molecule has 1 aliphatic rings. The summed E-state index contributed by atoms with van der Waals surface area (Å²) < 4.78 is 66.9. The van der Waals surface area contributed by atoms with Gasteiger partial charge in [0.1, 0.15) is 6.09 Å². The van der Waals surface area contributed by atoms with Gasteiger partial charge < -0.3 is 20.1 Å². The summed E-state index contributed by atoms with van der Waals surface area (Å²) >= 11 is 2.90. The van der Waals surface area contributed by atoms with Crippen molar-refractivity contribution in [3.05, 3.63) is 28.2 Å². The zero-order valence-electron chi connectivity index (χ0n) is 14.3. The summed E-state index contributed by atoms with van der Waals surface area (Å²) in [5, 5.41) is 12.1. The summed E-state index contributed by atoms with van der Waals surface area (Å²) in [6, 6.07) is 2.11. The van der Waals surface area contributed by atoms with E-state index in [1.807, 2.05) is 5.32 Å². The number of benzene rings is 1. The Morgan fingerprint density at radius 1 is 1.25 bits per heavy atom. The highest BCUT2D eigenvalue weighted by Gasteiger charge is 2.38. The highest BCUT2D eigenvalue weighted by molar-refractivity contribution is 9.10. The number of carbonyl (C=O) groups excluding carboxylic acids is 2. The average molecular weight is 487 g/mol. The van der Waals surface area contributed by atoms with E-state index in [-0.39, 0.29) is 30.4 Å². The topological polar surface area (TPSA) is 119 Å². The number of piperidine rings is 1. The second-order valence-electron chi connectivity index (χ2n) is 6.06. The maximum Gasteiger partial charge on any atom is 0.417 e. The van der Waals surface area contributed by atoms with Gasteiger partial charge in [0.2, 0.25) is 15.9 Å². The van der Waals surface area contributed by atoms with Crippen LogP contribution in [0.4, 0.5) is 18.0 Å². The Morgan fingerprint density at radius 3 is 2.39 bits per heavy atom. The maximum absolute atomic E-state index is 13.2. The standard InChI is InChI=1S/C15H17BrF3N3O5S/c16-9-1-2-12(11(7-9)15(17,18)19)28(26,27)21-10-3-5-22(6-4-10)13(23)8-20-14(24)25/h1-2,7,10,20-21H,3-6,8H2,(H,24,25)/p-1. The molecule has 0 radical (unpaired) electrons. The van der Waals surface area contributed by atoms with E-state index in [0.29, 0.717) is 6.07 Å². The quantitative estimate of drug-likeness (QED) is 0.633. The molecular weight excluding hydrogens is 471 g/mol. The number of carboxylic acid groups (broad SMARTS) is 1. The van der Waals surface area contributed by atoms with Crippen molar-refractivity contribution < 1.29 is 36.3 Å². The summed E-state index contributed by atoms with van der Waals surface area (Å²) in [7, 11) is -4.44. The molecule has 2 rings (SSSR count). The van der Waals surface area contributed by atoms with E-state index in [1.54, 1.807) is 0 Å². The number of hydrogen-bond acceptors (Lipinski definition) is 5. The van der Waals surface area contributed by atoms with Gasteiger partial charge in [-0.25, -0.2) is 13.1 Å². The predicted octanol–water partition coefficient (Wildman–Crippen LogP) is 0.670. The molecule has 1 aromatic rings. The fraction of sp³-hybridized carbons (Fsp3) is 0.467. The number of carbonyl (C=O) groups is 2.